The van der Waals surface area contributed by atoms with Gasteiger partial charge in [0.15, 0.2) is 0 Å². The third kappa shape index (κ3) is 13.4. The van der Waals surface area contributed by atoms with Crippen LogP contribution in [0.4, 0.5) is 0 Å². The minimum Gasteiger partial charge on any atom is -0.469 e. The van der Waals surface area contributed by atoms with E-state index >= 15 is 0 Å². The largest absolute Gasteiger partial charge is 0.469 e. The Kier molecular flexibility index (Phi) is 16.2. The number of benzene rings is 1. The summed E-state index contributed by atoms with van der Waals surface area (Å²) in [5.41, 5.74) is 0.525. The number of carbonyl (C=O) groups excluding carboxylic acids is 2. The molecule has 1 aliphatic heterocycles. The number of hydrogen-bond acceptors (Lipinski definition) is 6. The maximum atomic E-state index is 12.5. The fourth-order valence-electron chi connectivity index (χ4n) is 4.06. The molecule has 2 rings (SSSR count). The van der Waals surface area contributed by atoms with Gasteiger partial charge >= 0.3 is 11.9 Å². The van der Waals surface area contributed by atoms with Gasteiger partial charge in [-0.05, 0) is 81.1 Å². The maximum Gasteiger partial charge on any atom is 0.338 e. The average molecular weight is 545 g/mol. The molecule has 0 saturated carbocycles. The fraction of sp³-hybridized carbons (Fsp3) is 0.548. The highest BCUT2D eigenvalue weighted by Crippen LogP contribution is 2.48. The van der Waals surface area contributed by atoms with Gasteiger partial charge in [0.2, 0.25) is 0 Å². The molecule has 0 bridgehead atoms. The van der Waals surface area contributed by atoms with Gasteiger partial charge in [-0.25, -0.2) is 4.79 Å². The van der Waals surface area contributed by atoms with Gasteiger partial charge in [0.25, 0.3) is 0 Å². The summed E-state index contributed by atoms with van der Waals surface area (Å²) in [6.07, 6.45) is 23.7. The molecule has 6 heteroatoms. The Morgan fingerprint density at radius 3 is 2.51 bits per heavy atom. The molecule has 1 fully saturated rings. The van der Waals surface area contributed by atoms with E-state index in [4.69, 9.17) is 9.47 Å². The zero-order valence-electron chi connectivity index (χ0n) is 22.6. The number of unbranched alkanes of at least 4 members (excludes halogenated alkanes) is 3. The topological polar surface area (TPSA) is 52.6 Å². The van der Waals surface area contributed by atoms with E-state index in [0.717, 1.165) is 19.3 Å². The molecule has 0 unspecified atom stereocenters. The van der Waals surface area contributed by atoms with Crippen molar-refractivity contribution in [2.45, 2.75) is 87.7 Å². The fourth-order valence-corrected chi connectivity index (χ4v) is 7.35. The number of methoxy groups -OCH3 is 1. The molecule has 0 N–H and O–H groups in total. The second-order valence-corrected chi connectivity index (χ2v) is 12.5. The van der Waals surface area contributed by atoms with Gasteiger partial charge in [-0.3, -0.25) is 4.79 Å². The first-order chi connectivity index (χ1) is 18.1. The van der Waals surface area contributed by atoms with Crippen LogP contribution in [-0.4, -0.2) is 40.7 Å². The SMILES string of the molecule is CCCCC/C=C\CC1(CC/C=C/C=C\[C@H](CCCC(=O)OC)OC(=O)c2ccccc2)SCCCS1. The summed E-state index contributed by atoms with van der Waals surface area (Å²) in [6, 6.07) is 9.00. The monoisotopic (exact) mass is 544 g/mol. The van der Waals surface area contributed by atoms with Gasteiger partial charge in [0.1, 0.15) is 6.10 Å². The van der Waals surface area contributed by atoms with Crippen LogP contribution in [0.15, 0.2) is 66.8 Å². The van der Waals surface area contributed by atoms with E-state index in [1.807, 2.05) is 30.4 Å². The second-order valence-electron chi connectivity index (χ2n) is 9.26. The van der Waals surface area contributed by atoms with Crippen LogP contribution in [0.25, 0.3) is 0 Å². The van der Waals surface area contributed by atoms with Gasteiger partial charge in [0, 0.05) is 6.42 Å². The van der Waals surface area contributed by atoms with Crippen molar-refractivity contribution in [3.05, 3.63) is 72.4 Å². The molecule has 0 aromatic heterocycles. The van der Waals surface area contributed by atoms with Crippen LogP contribution >= 0.6 is 23.5 Å². The quantitative estimate of drug-likeness (QED) is 0.0847. The van der Waals surface area contributed by atoms with Crippen LogP contribution < -0.4 is 0 Å². The smallest absolute Gasteiger partial charge is 0.338 e. The van der Waals surface area contributed by atoms with Crippen molar-refractivity contribution >= 4 is 35.5 Å². The van der Waals surface area contributed by atoms with Crippen LogP contribution in [0, 0.1) is 0 Å². The molecular formula is C31H44O4S2. The van der Waals surface area contributed by atoms with E-state index in [2.05, 4.69) is 54.8 Å². The lowest BCUT2D eigenvalue weighted by atomic mass is 10.1. The highest BCUT2D eigenvalue weighted by molar-refractivity contribution is 8.18. The Hall–Kier alpha value is -1.92. The van der Waals surface area contributed by atoms with E-state index < -0.39 is 6.10 Å². The lowest BCUT2D eigenvalue weighted by molar-refractivity contribution is -0.140. The standard InChI is InChI=1S/C31H44O4S2/c1-3-4-5-6-8-14-23-31(36-25-17-26-37-31)24-15-9-7-13-20-28(21-16-22-29(32)34-2)35-30(33)27-18-11-10-12-19-27/h7-14,18-20,28H,3-6,15-17,21-26H2,1-2H3/b9-7+,14-8-,20-13-/t28-/m1/s1. The van der Waals surface area contributed by atoms with Crippen molar-refractivity contribution in [3.63, 3.8) is 0 Å². The van der Waals surface area contributed by atoms with Gasteiger partial charge in [-0.1, -0.05) is 68.3 Å². The molecule has 0 aliphatic carbocycles. The highest BCUT2D eigenvalue weighted by Gasteiger charge is 2.31. The van der Waals surface area contributed by atoms with Crippen molar-refractivity contribution in [1.29, 1.82) is 0 Å². The van der Waals surface area contributed by atoms with E-state index in [0.29, 0.717) is 24.8 Å². The van der Waals surface area contributed by atoms with Crippen LogP contribution in [0.1, 0.15) is 87.9 Å². The van der Waals surface area contributed by atoms with E-state index in [9.17, 15) is 9.59 Å². The molecule has 1 aromatic rings. The summed E-state index contributed by atoms with van der Waals surface area (Å²) in [6.45, 7) is 2.25. The Balaban J connectivity index is 1.88. The maximum absolute atomic E-state index is 12.5. The molecule has 1 heterocycles. The summed E-state index contributed by atoms with van der Waals surface area (Å²) in [5, 5.41) is 0. The number of allylic oxidation sites excluding steroid dienone is 5. The molecule has 1 saturated heterocycles. The summed E-state index contributed by atoms with van der Waals surface area (Å²) >= 11 is 4.26. The minimum absolute atomic E-state index is 0.250. The van der Waals surface area contributed by atoms with Crippen molar-refractivity contribution in [1.82, 2.24) is 0 Å². The number of esters is 2. The molecule has 1 atom stereocenters. The predicted octanol–water partition coefficient (Wildman–Crippen LogP) is 8.54. The molecule has 0 radical (unpaired) electrons. The summed E-state index contributed by atoms with van der Waals surface area (Å²) < 4.78 is 10.7. The normalized spacial score (nSPS) is 16.4. The van der Waals surface area contributed by atoms with Gasteiger partial charge in [-0.2, -0.15) is 0 Å². The number of carbonyl (C=O) groups is 2. The first-order valence-electron chi connectivity index (χ1n) is 13.7. The van der Waals surface area contributed by atoms with Crippen molar-refractivity contribution in [2.75, 3.05) is 18.6 Å². The van der Waals surface area contributed by atoms with Crippen LogP contribution in [-0.2, 0) is 14.3 Å². The first kappa shape index (κ1) is 31.3. The summed E-state index contributed by atoms with van der Waals surface area (Å²) in [5.74, 6) is 1.90. The Bertz CT molecular complexity index is 857. The van der Waals surface area contributed by atoms with Crippen molar-refractivity contribution in [2.24, 2.45) is 0 Å². The molecule has 4 nitrogen and oxygen atoms in total. The zero-order chi connectivity index (χ0) is 26.6. The lowest BCUT2D eigenvalue weighted by Gasteiger charge is -2.35. The van der Waals surface area contributed by atoms with E-state index in [1.165, 1.54) is 50.7 Å². The average Bonchev–Trinajstić information content (AvgIpc) is 2.93. The van der Waals surface area contributed by atoms with Gasteiger partial charge in [-0.15, -0.1) is 23.5 Å². The molecule has 1 aliphatic rings. The number of rotatable bonds is 17. The minimum atomic E-state index is -0.393. The van der Waals surface area contributed by atoms with Crippen molar-refractivity contribution in [3.8, 4) is 0 Å². The summed E-state index contributed by atoms with van der Waals surface area (Å²) in [7, 11) is 1.39. The number of thioether (sulfide) groups is 2. The predicted molar refractivity (Wildman–Crippen MR) is 159 cm³/mol. The molecule has 1 aromatic carbocycles. The van der Waals surface area contributed by atoms with Crippen LogP contribution in [0.3, 0.4) is 0 Å². The molecule has 0 spiro atoms. The Morgan fingerprint density at radius 2 is 1.78 bits per heavy atom. The highest BCUT2D eigenvalue weighted by atomic mass is 32.2. The van der Waals surface area contributed by atoms with E-state index in [1.54, 1.807) is 12.1 Å². The third-order valence-electron chi connectivity index (χ3n) is 6.22. The van der Waals surface area contributed by atoms with E-state index in [-0.39, 0.29) is 16.0 Å². The Morgan fingerprint density at radius 1 is 1.00 bits per heavy atom. The van der Waals surface area contributed by atoms with Crippen molar-refractivity contribution < 1.29 is 19.1 Å². The molecular weight excluding hydrogens is 500 g/mol. The van der Waals surface area contributed by atoms with Crippen LogP contribution in [0.2, 0.25) is 0 Å². The van der Waals surface area contributed by atoms with Gasteiger partial charge < -0.3 is 9.47 Å². The Labute approximate surface area is 232 Å². The first-order valence-corrected chi connectivity index (χ1v) is 15.6. The molecule has 37 heavy (non-hydrogen) atoms. The third-order valence-corrected chi connectivity index (χ3v) is 9.71. The molecule has 0 amide bonds. The lowest BCUT2D eigenvalue weighted by Crippen LogP contribution is -2.24. The number of ether oxygens (including phenoxy) is 2. The second kappa shape index (κ2) is 19.2. The molecule has 204 valence electrons. The van der Waals surface area contributed by atoms with Gasteiger partial charge in [0.05, 0.1) is 16.8 Å². The van der Waals surface area contributed by atoms with Crippen LogP contribution in [0.5, 0.6) is 0 Å². The summed E-state index contributed by atoms with van der Waals surface area (Å²) in [4.78, 5) is 24.0. The number of hydrogen-bond donors (Lipinski definition) is 0. The zero-order valence-corrected chi connectivity index (χ0v) is 24.2.